The Hall–Kier alpha value is -6.59. The van der Waals surface area contributed by atoms with E-state index >= 15 is 13.3 Å². The molecule has 440 valence electrons. The number of alkyl halides is 2. The largest absolute Gasteiger partial charge is 0.397 e. The Balaban J connectivity index is 0.658. The van der Waals surface area contributed by atoms with Crippen LogP contribution in [0.1, 0.15) is 42.5 Å². The number of hydrogen-bond donors (Lipinski definition) is 2. The Morgan fingerprint density at radius 2 is 1.39 bits per heavy atom. The number of fused-ring (bicyclic) bond motifs is 9. The quantitative estimate of drug-likeness (QED) is 0.0530. The Bertz CT molecular complexity index is 3780. The number of anilines is 3. The topological polar surface area (TPSA) is 295 Å². The van der Waals surface area contributed by atoms with Crippen LogP contribution in [0.3, 0.4) is 0 Å². The third-order valence-corrected chi connectivity index (χ3v) is 19.6. The van der Waals surface area contributed by atoms with Gasteiger partial charge in [0.1, 0.15) is 47.5 Å². The Morgan fingerprint density at radius 1 is 0.750 bits per heavy atom. The van der Waals surface area contributed by atoms with Crippen LogP contribution in [0.15, 0.2) is 104 Å². The van der Waals surface area contributed by atoms with Crippen molar-refractivity contribution < 1.29 is 64.5 Å². The number of halogens is 2. The number of carbonyl (C=O) groups is 1. The summed E-state index contributed by atoms with van der Waals surface area (Å²) in [6.45, 7) is -1.05. The minimum Gasteiger partial charge on any atom is -0.397 e. The number of carbonyl (C=O) groups excluding carboxylic acids is 1. The van der Waals surface area contributed by atoms with E-state index in [0.717, 1.165) is 58.3 Å². The standard InChI is InChI=1S/C53H58BF2N13O12P2S/c1-2-40(70)66-23-33-7-3-4-8-34(33)43-46(35-9-5-6-10-37(35)66)69(65-64-43)17-18-73-19-20-74-21-22-75-24-31-11-13-32(14-12-31)27-84-83(72)77-26-39-47(41(55)52(79-39)68-30-63-45-49(58)60-28-61-51(45)68)80-82(54,71)76-25-38-48(81-83)42(56)53(78-38)67-29-62-44-36(57)15-16-59-50(44)67/h3-16,28-30,38-39,41-42,47-48,52-53H,2,17-27,54H2,1H3,(H2,57,59)(H2,58,60,61)/t38-,39-,41-,42-,47-,48-,52-,53-,82+,83+/m1/s1. The molecule has 0 spiro atoms. The molecule has 0 bridgehead atoms. The fourth-order valence-corrected chi connectivity index (χ4v) is 15.0. The van der Waals surface area contributed by atoms with Gasteiger partial charge in [-0.25, -0.2) is 42.9 Å². The minimum atomic E-state index is -4.49. The lowest BCUT2D eigenvalue weighted by Gasteiger charge is -2.30. The molecule has 0 radical (unpaired) electrons. The number of nitrogen functional groups attached to an aromatic ring is 2. The van der Waals surface area contributed by atoms with Crippen LogP contribution in [0.4, 0.5) is 26.0 Å². The number of aromatic nitrogens is 10. The van der Waals surface area contributed by atoms with E-state index in [9.17, 15) is 9.36 Å². The van der Waals surface area contributed by atoms with Crippen molar-refractivity contribution in [1.29, 1.82) is 0 Å². The number of benzene rings is 3. The molecule has 0 unspecified atom stereocenters. The molecule has 3 saturated heterocycles. The molecule has 4 N–H and O–H groups in total. The number of para-hydroxylation sites is 1. The number of pyridine rings is 1. The highest BCUT2D eigenvalue weighted by Gasteiger charge is 2.55. The van der Waals surface area contributed by atoms with E-state index in [1.165, 1.54) is 34.3 Å². The van der Waals surface area contributed by atoms with Gasteiger partial charge in [0.15, 0.2) is 41.9 Å². The molecule has 1 amide bonds. The second-order valence-electron chi connectivity index (χ2n) is 20.2. The summed E-state index contributed by atoms with van der Waals surface area (Å²) < 4.78 is 121. The number of imidazole rings is 2. The molecule has 84 heavy (non-hydrogen) atoms. The van der Waals surface area contributed by atoms with Crippen LogP contribution < -0.4 is 16.4 Å². The van der Waals surface area contributed by atoms with Crippen molar-refractivity contribution in [3.05, 3.63) is 121 Å². The second kappa shape index (κ2) is 24.8. The second-order valence-corrected chi connectivity index (χ2v) is 26.2. The smallest absolute Gasteiger partial charge is 0.389 e. The van der Waals surface area contributed by atoms with Gasteiger partial charge in [0, 0.05) is 29.5 Å². The van der Waals surface area contributed by atoms with Gasteiger partial charge in [-0.1, -0.05) is 78.9 Å². The molecule has 0 saturated carbocycles. The summed E-state index contributed by atoms with van der Waals surface area (Å²) in [6, 6.07) is 24.7. The zero-order valence-electron chi connectivity index (χ0n) is 45.5. The molecular weight excluding hydrogens is 1150 g/mol. The molecular formula is C53H58BF2N13O12P2S. The third kappa shape index (κ3) is 11.9. The van der Waals surface area contributed by atoms with Crippen molar-refractivity contribution in [1.82, 2.24) is 49.0 Å². The lowest BCUT2D eigenvalue weighted by Crippen LogP contribution is -2.37. The maximum atomic E-state index is 17.0. The van der Waals surface area contributed by atoms with Crippen LogP contribution in [0.5, 0.6) is 0 Å². The van der Waals surface area contributed by atoms with Gasteiger partial charge in [0.2, 0.25) is 5.91 Å². The highest BCUT2D eigenvalue weighted by Crippen LogP contribution is 2.65. The van der Waals surface area contributed by atoms with Crippen molar-refractivity contribution in [2.24, 2.45) is 0 Å². The molecule has 0 aliphatic carbocycles. The van der Waals surface area contributed by atoms with Crippen LogP contribution in [0.2, 0.25) is 0 Å². The van der Waals surface area contributed by atoms with Crippen molar-refractivity contribution >= 4 is 78.6 Å². The summed E-state index contributed by atoms with van der Waals surface area (Å²) in [5.41, 5.74) is 20.0. The Kier molecular flexibility index (Phi) is 17.1. The summed E-state index contributed by atoms with van der Waals surface area (Å²) in [5.74, 6) is 0.123. The molecule has 12 rings (SSSR count). The molecule has 4 aliphatic rings. The third-order valence-electron chi connectivity index (χ3n) is 14.7. The summed E-state index contributed by atoms with van der Waals surface area (Å²) in [6.07, 6.45) is -7.38. The average molecular weight is 1210 g/mol. The highest BCUT2D eigenvalue weighted by atomic mass is 32.7. The molecule has 3 aromatic carbocycles. The van der Waals surface area contributed by atoms with E-state index in [4.69, 9.17) is 53.2 Å². The number of rotatable bonds is 17. The van der Waals surface area contributed by atoms with Crippen LogP contribution in [0, 0.1) is 0 Å². The minimum absolute atomic E-state index is 0.0233. The summed E-state index contributed by atoms with van der Waals surface area (Å²) in [7, 11) is -3.05. The Labute approximate surface area is 484 Å². The van der Waals surface area contributed by atoms with E-state index < -0.39 is 76.7 Å². The number of hydrogen-bond acceptors (Lipinski definition) is 22. The van der Waals surface area contributed by atoms with Gasteiger partial charge in [0.25, 0.3) is 15.0 Å². The molecule has 25 nitrogen and oxygen atoms in total. The number of nitrogens with two attached hydrogens (primary N) is 2. The van der Waals surface area contributed by atoms with Crippen LogP contribution in [-0.4, -0.2) is 146 Å². The number of ether oxygens (including phenoxy) is 5. The van der Waals surface area contributed by atoms with Gasteiger partial charge in [-0.05, 0) is 40.2 Å². The normalized spacial score (nSPS) is 26.1. The fraction of sp³-hybridized carbons (Fsp3) is 0.396. The first-order valence-electron chi connectivity index (χ1n) is 27.1. The van der Waals surface area contributed by atoms with Crippen LogP contribution >= 0.6 is 25.7 Å². The number of amides is 1. The lowest BCUT2D eigenvalue weighted by atomic mass is 9.95. The van der Waals surface area contributed by atoms with Gasteiger partial charge in [-0.2, -0.15) is 0 Å². The summed E-state index contributed by atoms with van der Waals surface area (Å²) in [5, 5.41) is 9.14. The van der Waals surface area contributed by atoms with Crippen molar-refractivity contribution in [2.45, 2.75) is 88.0 Å². The van der Waals surface area contributed by atoms with Crippen molar-refractivity contribution in [3.8, 4) is 22.5 Å². The van der Waals surface area contributed by atoms with Crippen molar-refractivity contribution in [3.63, 3.8) is 0 Å². The van der Waals surface area contributed by atoms with E-state index in [1.54, 1.807) is 6.07 Å². The first-order chi connectivity index (χ1) is 40.8. The predicted molar refractivity (Wildman–Crippen MR) is 306 cm³/mol. The van der Waals surface area contributed by atoms with Gasteiger partial charge in [-0.15, -0.1) is 5.10 Å². The van der Waals surface area contributed by atoms with E-state index in [-0.39, 0.29) is 40.9 Å². The molecule has 31 heteroatoms. The molecule has 5 aromatic heterocycles. The molecule has 9 heterocycles. The lowest BCUT2D eigenvalue weighted by molar-refractivity contribution is -0.118. The molecule has 8 aromatic rings. The fourth-order valence-electron chi connectivity index (χ4n) is 10.5. The van der Waals surface area contributed by atoms with Crippen LogP contribution in [-0.2, 0) is 81.2 Å². The SMILES string of the molecule is B[P@]1(=O)OC[C@H]2O[C@@H](n3cnc4c(N)ccnc43)[C@H](F)[C@@H]2O[P@@](=O)(SCc2ccc(COCCOCCOCCn3nnc4c3-c3ccccc3N(C(=O)CC)Cc3ccccc3-4)cc2)OC[C@H]2O[C@@H](n3cnc4c(N)ncnc43)[C@H](F)[C@@H]2O1. The highest BCUT2D eigenvalue weighted by molar-refractivity contribution is 8.54. The van der Waals surface area contributed by atoms with Crippen molar-refractivity contribution in [2.75, 3.05) is 62.6 Å². The molecule has 4 aliphatic heterocycles. The maximum absolute atomic E-state index is 17.0. The van der Waals surface area contributed by atoms with E-state index in [1.807, 2.05) is 89.3 Å². The molecule has 10 atom stereocenters. The van der Waals surface area contributed by atoms with Gasteiger partial charge >= 0.3 is 6.80 Å². The van der Waals surface area contributed by atoms with E-state index in [0.29, 0.717) is 69.3 Å². The predicted octanol–water partition coefficient (Wildman–Crippen LogP) is 6.94. The Morgan fingerprint density at radius 3 is 2.14 bits per heavy atom. The molecule has 3 fully saturated rings. The van der Waals surface area contributed by atoms with Gasteiger partial charge < -0.3 is 49.1 Å². The van der Waals surface area contributed by atoms with Gasteiger partial charge in [0.05, 0.1) is 95.7 Å². The summed E-state index contributed by atoms with van der Waals surface area (Å²) in [4.78, 5) is 36.1. The summed E-state index contributed by atoms with van der Waals surface area (Å²) >= 11 is 0.769. The van der Waals surface area contributed by atoms with Crippen LogP contribution in [0.25, 0.3) is 44.8 Å². The zero-order valence-corrected chi connectivity index (χ0v) is 48.1. The first kappa shape index (κ1) is 57.8. The monoisotopic (exact) mass is 1210 g/mol. The maximum Gasteiger partial charge on any atom is 0.389 e. The average Bonchev–Trinajstić information content (AvgIpc) is 2.24. The van der Waals surface area contributed by atoms with Gasteiger partial charge in [-0.3, -0.25) is 27.5 Å². The first-order valence-corrected chi connectivity index (χ1v) is 32.2. The zero-order chi connectivity index (χ0) is 58.1. The van der Waals surface area contributed by atoms with E-state index in [2.05, 4.69) is 35.2 Å². The number of nitrogens with zero attached hydrogens (tertiary/aromatic N) is 11.